The van der Waals surface area contributed by atoms with Crippen LogP contribution >= 0.6 is 0 Å². The Morgan fingerprint density at radius 3 is 2.60 bits per heavy atom. The lowest BCUT2D eigenvalue weighted by Gasteiger charge is -2.25. The first kappa shape index (κ1) is 15.3. The number of hydrogen-bond donors (Lipinski definition) is 2. The number of hydrogen-bond acceptors (Lipinski definition) is 4. The van der Waals surface area contributed by atoms with E-state index in [1.807, 2.05) is 6.92 Å². The standard InChI is InChI=1S/C14H22N2O3S/c1-9-7-13(15)11(3)14(10(9)2)20(18,19)16-6-4-5-12(16)8-17/h7,12,17H,4-6,8,15H2,1-3H3. The van der Waals surface area contributed by atoms with E-state index in [4.69, 9.17) is 5.73 Å². The molecule has 1 aromatic carbocycles. The number of anilines is 1. The van der Waals surface area contributed by atoms with Crippen LogP contribution in [0.1, 0.15) is 29.5 Å². The van der Waals surface area contributed by atoms with Gasteiger partial charge in [0.25, 0.3) is 0 Å². The Labute approximate surface area is 120 Å². The fraction of sp³-hybridized carbons (Fsp3) is 0.571. The fourth-order valence-corrected chi connectivity index (χ4v) is 5.07. The van der Waals surface area contributed by atoms with E-state index in [1.165, 1.54) is 4.31 Å². The molecule has 0 bridgehead atoms. The number of rotatable bonds is 3. The van der Waals surface area contributed by atoms with E-state index in [1.54, 1.807) is 19.9 Å². The molecule has 0 aliphatic carbocycles. The van der Waals surface area contributed by atoms with E-state index >= 15 is 0 Å². The van der Waals surface area contributed by atoms with Crippen molar-refractivity contribution in [1.29, 1.82) is 0 Å². The number of sulfonamides is 1. The SMILES string of the molecule is Cc1cc(N)c(C)c(S(=O)(=O)N2CCCC2CO)c1C. The van der Waals surface area contributed by atoms with Crippen molar-refractivity contribution in [2.45, 2.75) is 44.6 Å². The molecule has 0 spiro atoms. The van der Waals surface area contributed by atoms with Crippen LogP contribution in [0.25, 0.3) is 0 Å². The lowest BCUT2D eigenvalue weighted by atomic mass is 10.1. The number of nitrogens with zero attached hydrogens (tertiary/aromatic N) is 1. The van der Waals surface area contributed by atoms with Gasteiger partial charge < -0.3 is 10.8 Å². The van der Waals surface area contributed by atoms with E-state index in [2.05, 4.69) is 0 Å². The molecule has 1 aliphatic rings. The number of benzene rings is 1. The minimum Gasteiger partial charge on any atom is -0.398 e. The molecule has 0 amide bonds. The Balaban J connectivity index is 2.61. The van der Waals surface area contributed by atoms with Crippen molar-refractivity contribution in [1.82, 2.24) is 4.31 Å². The molecule has 1 heterocycles. The van der Waals surface area contributed by atoms with E-state index < -0.39 is 10.0 Å². The summed E-state index contributed by atoms with van der Waals surface area (Å²) >= 11 is 0. The molecule has 5 nitrogen and oxygen atoms in total. The number of aryl methyl sites for hydroxylation is 1. The lowest BCUT2D eigenvalue weighted by Crippen LogP contribution is -2.38. The van der Waals surface area contributed by atoms with Crippen LogP contribution in [0, 0.1) is 20.8 Å². The van der Waals surface area contributed by atoms with Gasteiger partial charge in [0.1, 0.15) is 0 Å². The molecule has 1 atom stereocenters. The minimum absolute atomic E-state index is 0.140. The average molecular weight is 298 g/mol. The van der Waals surface area contributed by atoms with Gasteiger partial charge in [-0.15, -0.1) is 0 Å². The predicted octanol–water partition coefficient (Wildman–Crippen LogP) is 1.34. The maximum absolute atomic E-state index is 12.9. The largest absolute Gasteiger partial charge is 0.398 e. The van der Waals surface area contributed by atoms with Gasteiger partial charge in [-0.3, -0.25) is 0 Å². The van der Waals surface area contributed by atoms with Crippen LogP contribution < -0.4 is 5.73 Å². The summed E-state index contributed by atoms with van der Waals surface area (Å²) in [5.41, 5.74) is 8.61. The molecular formula is C14H22N2O3S. The summed E-state index contributed by atoms with van der Waals surface area (Å²) in [5.74, 6) is 0. The van der Waals surface area contributed by atoms with E-state index in [-0.39, 0.29) is 12.6 Å². The summed E-state index contributed by atoms with van der Waals surface area (Å²) in [7, 11) is -3.61. The van der Waals surface area contributed by atoms with Crippen LogP contribution in [0.5, 0.6) is 0 Å². The van der Waals surface area contributed by atoms with Gasteiger partial charge in [0, 0.05) is 18.3 Å². The summed E-state index contributed by atoms with van der Waals surface area (Å²) < 4.78 is 27.2. The Kier molecular flexibility index (Phi) is 4.09. The zero-order valence-corrected chi connectivity index (χ0v) is 13.0. The van der Waals surface area contributed by atoms with E-state index in [0.29, 0.717) is 29.1 Å². The Morgan fingerprint density at radius 2 is 2.00 bits per heavy atom. The van der Waals surface area contributed by atoms with Gasteiger partial charge in [0.05, 0.1) is 11.5 Å². The van der Waals surface area contributed by atoms with Crippen molar-refractivity contribution in [3.8, 4) is 0 Å². The molecule has 0 aromatic heterocycles. The zero-order chi connectivity index (χ0) is 15.1. The molecule has 112 valence electrons. The normalized spacial score (nSPS) is 20.5. The van der Waals surface area contributed by atoms with Crippen LogP contribution in [0.15, 0.2) is 11.0 Å². The van der Waals surface area contributed by atoms with Gasteiger partial charge in [0.15, 0.2) is 0 Å². The van der Waals surface area contributed by atoms with Crippen molar-refractivity contribution in [2.75, 3.05) is 18.9 Å². The molecule has 1 aliphatic heterocycles. The molecule has 0 saturated carbocycles. The quantitative estimate of drug-likeness (QED) is 0.825. The van der Waals surface area contributed by atoms with Gasteiger partial charge in [-0.2, -0.15) is 4.31 Å². The third kappa shape index (κ3) is 2.32. The van der Waals surface area contributed by atoms with Crippen molar-refractivity contribution in [2.24, 2.45) is 0 Å². The molecule has 1 unspecified atom stereocenters. The van der Waals surface area contributed by atoms with Crippen LogP contribution in [0.3, 0.4) is 0 Å². The molecule has 1 fully saturated rings. The summed E-state index contributed by atoms with van der Waals surface area (Å²) in [5, 5.41) is 9.36. The van der Waals surface area contributed by atoms with Gasteiger partial charge >= 0.3 is 0 Å². The highest BCUT2D eigenvalue weighted by molar-refractivity contribution is 7.89. The molecule has 1 saturated heterocycles. The van der Waals surface area contributed by atoms with Crippen molar-refractivity contribution in [3.63, 3.8) is 0 Å². The van der Waals surface area contributed by atoms with Gasteiger partial charge in [-0.1, -0.05) is 0 Å². The van der Waals surface area contributed by atoms with Crippen molar-refractivity contribution < 1.29 is 13.5 Å². The number of aliphatic hydroxyl groups excluding tert-OH is 1. The molecule has 20 heavy (non-hydrogen) atoms. The summed E-state index contributed by atoms with van der Waals surface area (Å²) in [6, 6.07) is 1.48. The summed E-state index contributed by atoms with van der Waals surface area (Å²) in [6.45, 7) is 5.72. The summed E-state index contributed by atoms with van der Waals surface area (Å²) in [6.07, 6.45) is 1.49. The molecule has 2 rings (SSSR count). The minimum atomic E-state index is -3.61. The lowest BCUT2D eigenvalue weighted by molar-refractivity contribution is 0.213. The van der Waals surface area contributed by atoms with Gasteiger partial charge in [0.2, 0.25) is 10.0 Å². The van der Waals surface area contributed by atoms with E-state index in [0.717, 1.165) is 17.5 Å². The first-order valence-corrected chi connectivity index (χ1v) is 8.23. The predicted molar refractivity (Wildman–Crippen MR) is 79.1 cm³/mol. The highest BCUT2D eigenvalue weighted by Gasteiger charge is 2.37. The number of nitrogen functional groups attached to an aromatic ring is 1. The monoisotopic (exact) mass is 298 g/mol. The first-order valence-electron chi connectivity index (χ1n) is 6.79. The van der Waals surface area contributed by atoms with Gasteiger partial charge in [-0.05, 0) is 56.4 Å². The Morgan fingerprint density at radius 1 is 1.35 bits per heavy atom. The zero-order valence-electron chi connectivity index (χ0n) is 12.2. The topological polar surface area (TPSA) is 83.6 Å². The highest BCUT2D eigenvalue weighted by Crippen LogP contribution is 2.33. The summed E-state index contributed by atoms with van der Waals surface area (Å²) in [4.78, 5) is 0.301. The second-order valence-corrected chi connectivity index (χ2v) is 7.28. The molecular weight excluding hydrogens is 276 g/mol. The van der Waals surface area contributed by atoms with Crippen molar-refractivity contribution in [3.05, 3.63) is 22.8 Å². The molecule has 6 heteroatoms. The Bertz CT molecular complexity index is 600. The maximum Gasteiger partial charge on any atom is 0.244 e. The molecule has 3 N–H and O–H groups in total. The molecule has 0 radical (unpaired) electrons. The average Bonchev–Trinajstić information content (AvgIpc) is 2.85. The van der Waals surface area contributed by atoms with Gasteiger partial charge in [-0.25, -0.2) is 8.42 Å². The van der Waals surface area contributed by atoms with Crippen molar-refractivity contribution >= 4 is 15.7 Å². The van der Waals surface area contributed by atoms with Crippen LogP contribution in [-0.2, 0) is 10.0 Å². The number of nitrogens with two attached hydrogens (primary N) is 1. The maximum atomic E-state index is 12.9. The number of aliphatic hydroxyl groups is 1. The van der Waals surface area contributed by atoms with Crippen LogP contribution in [0.4, 0.5) is 5.69 Å². The first-order chi connectivity index (χ1) is 9.30. The van der Waals surface area contributed by atoms with Crippen LogP contribution in [-0.4, -0.2) is 37.0 Å². The second kappa shape index (κ2) is 5.35. The Hall–Kier alpha value is -1.11. The third-order valence-corrected chi connectivity index (χ3v) is 6.40. The highest BCUT2D eigenvalue weighted by atomic mass is 32.2. The fourth-order valence-electron chi connectivity index (χ4n) is 2.85. The molecule has 1 aromatic rings. The smallest absolute Gasteiger partial charge is 0.244 e. The van der Waals surface area contributed by atoms with Crippen LogP contribution in [0.2, 0.25) is 0 Å². The second-order valence-electron chi connectivity index (χ2n) is 5.46. The third-order valence-electron chi connectivity index (χ3n) is 4.18. The van der Waals surface area contributed by atoms with E-state index in [9.17, 15) is 13.5 Å².